The van der Waals surface area contributed by atoms with Crippen molar-refractivity contribution in [2.45, 2.75) is 19.3 Å². The third kappa shape index (κ3) is 5.69. The Hall–Kier alpha value is -2.55. The average Bonchev–Trinajstić information content (AvgIpc) is 3.21. The van der Waals surface area contributed by atoms with Crippen LogP contribution in [0.3, 0.4) is 0 Å². The van der Waals surface area contributed by atoms with E-state index in [2.05, 4.69) is 14.9 Å². The number of halogens is 3. The molecular formula is C23H27Cl2FN6O. The van der Waals surface area contributed by atoms with E-state index >= 15 is 0 Å². The lowest BCUT2D eigenvalue weighted by atomic mass is 10.2. The molecule has 2 amide bonds. The molecule has 1 aliphatic heterocycles. The monoisotopic (exact) mass is 492 g/mol. The highest BCUT2D eigenvalue weighted by atomic mass is 35.5. The van der Waals surface area contributed by atoms with Crippen molar-refractivity contribution in [3.8, 4) is 0 Å². The molecule has 1 aliphatic rings. The number of carbonyl (C=O) groups excluding carboxylic acids is 1. The summed E-state index contributed by atoms with van der Waals surface area (Å²) in [6.07, 6.45) is 4.08. The fraction of sp³-hybridized carbons (Fsp3) is 0.391. The normalized spacial score (nSPS) is 14.7. The van der Waals surface area contributed by atoms with Gasteiger partial charge >= 0.3 is 6.03 Å². The molecule has 0 spiro atoms. The van der Waals surface area contributed by atoms with Crippen LogP contribution in [0.4, 0.5) is 20.7 Å². The Morgan fingerprint density at radius 3 is 2.64 bits per heavy atom. The first-order valence-electron chi connectivity index (χ1n) is 11.1. The summed E-state index contributed by atoms with van der Waals surface area (Å²) in [5.74, 6) is 0.0446. The van der Waals surface area contributed by atoms with Gasteiger partial charge in [-0.05, 0) is 43.7 Å². The van der Waals surface area contributed by atoms with Gasteiger partial charge in [0.1, 0.15) is 5.82 Å². The molecule has 2 aromatic heterocycles. The number of hydrogen-bond donors (Lipinski definition) is 1. The Labute approximate surface area is 202 Å². The van der Waals surface area contributed by atoms with E-state index in [0.29, 0.717) is 27.9 Å². The Balaban J connectivity index is 1.21. The van der Waals surface area contributed by atoms with Crippen molar-refractivity contribution in [1.29, 1.82) is 0 Å². The standard InChI is InChI=1S/C23H27Cl2FN6O/c24-19-5-4-6-20(22(19)25)30-13-11-29(12-14-30)9-2-1-3-10-31(23(27)33)21-15-18-8-7-17(26)16-32(18)28-21/h4-8,15-16H,1-3,9-14H2,(H2,27,33). The van der Waals surface area contributed by atoms with Gasteiger partial charge in [0.2, 0.25) is 0 Å². The minimum absolute atomic E-state index is 0.390. The molecule has 3 heterocycles. The highest BCUT2D eigenvalue weighted by Crippen LogP contribution is 2.32. The van der Waals surface area contributed by atoms with Gasteiger partial charge < -0.3 is 10.6 Å². The minimum atomic E-state index is -0.560. The maximum Gasteiger partial charge on any atom is 0.320 e. The first kappa shape index (κ1) is 23.6. The molecule has 1 fully saturated rings. The number of anilines is 2. The summed E-state index contributed by atoms with van der Waals surface area (Å²) in [6, 6.07) is 9.89. The second-order valence-electron chi connectivity index (χ2n) is 8.17. The van der Waals surface area contributed by atoms with Crippen molar-refractivity contribution in [2.24, 2.45) is 5.73 Å². The number of urea groups is 1. The smallest absolute Gasteiger partial charge is 0.320 e. The lowest BCUT2D eigenvalue weighted by Crippen LogP contribution is -2.46. The number of unbranched alkanes of at least 4 members (excludes halogenated alkanes) is 2. The molecule has 0 saturated carbocycles. The molecule has 0 atom stereocenters. The molecule has 0 radical (unpaired) electrons. The first-order valence-corrected chi connectivity index (χ1v) is 11.8. The number of aromatic nitrogens is 2. The molecule has 0 bridgehead atoms. The third-order valence-electron chi connectivity index (χ3n) is 5.95. The molecule has 10 heteroatoms. The lowest BCUT2D eigenvalue weighted by molar-refractivity contribution is 0.250. The number of carbonyl (C=O) groups is 1. The molecule has 2 N–H and O–H groups in total. The van der Waals surface area contributed by atoms with Crippen molar-refractivity contribution < 1.29 is 9.18 Å². The summed E-state index contributed by atoms with van der Waals surface area (Å²) in [4.78, 5) is 18.1. The van der Waals surface area contributed by atoms with Gasteiger partial charge in [-0.25, -0.2) is 13.7 Å². The van der Waals surface area contributed by atoms with E-state index in [1.54, 1.807) is 18.2 Å². The molecule has 1 saturated heterocycles. The minimum Gasteiger partial charge on any atom is -0.368 e. The summed E-state index contributed by atoms with van der Waals surface area (Å²) < 4.78 is 14.8. The third-order valence-corrected chi connectivity index (χ3v) is 6.76. The summed E-state index contributed by atoms with van der Waals surface area (Å²) in [7, 11) is 0. The molecule has 176 valence electrons. The second kappa shape index (κ2) is 10.6. The molecule has 0 unspecified atom stereocenters. The Morgan fingerprint density at radius 1 is 1.09 bits per heavy atom. The summed E-state index contributed by atoms with van der Waals surface area (Å²) in [6.45, 7) is 5.22. The topological polar surface area (TPSA) is 70.1 Å². The Morgan fingerprint density at radius 2 is 1.88 bits per heavy atom. The number of benzene rings is 1. The average molecular weight is 493 g/mol. The summed E-state index contributed by atoms with van der Waals surface area (Å²) in [5.41, 5.74) is 7.26. The fourth-order valence-corrected chi connectivity index (χ4v) is 4.56. The van der Waals surface area contributed by atoms with Crippen LogP contribution in [0.1, 0.15) is 19.3 Å². The number of nitrogens with zero attached hydrogens (tertiary/aromatic N) is 5. The van der Waals surface area contributed by atoms with E-state index in [0.717, 1.165) is 57.7 Å². The maximum atomic E-state index is 13.4. The number of nitrogens with two attached hydrogens (primary N) is 1. The van der Waals surface area contributed by atoms with Crippen molar-refractivity contribution in [1.82, 2.24) is 14.5 Å². The van der Waals surface area contributed by atoms with Crippen LogP contribution in [0.5, 0.6) is 0 Å². The van der Waals surface area contributed by atoms with Gasteiger partial charge in [0, 0.05) is 38.8 Å². The highest BCUT2D eigenvalue weighted by molar-refractivity contribution is 6.43. The molecule has 7 nitrogen and oxygen atoms in total. The van der Waals surface area contributed by atoms with Crippen LogP contribution in [0, 0.1) is 5.82 Å². The van der Waals surface area contributed by atoms with Gasteiger partial charge in [0.05, 0.1) is 27.4 Å². The molecule has 3 aromatic rings. The zero-order valence-corrected chi connectivity index (χ0v) is 19.8. The van der Waals surface area contributed by atoms with Crippen LogP contribution >= 0.6 is 23.2 Å². The van der Waals surface area contributed by atoms with Crippen molar-refractivity contribution >= 4 is 46.3 Å². The molecule has 0 aliphatic carbocycles. The zero-order valence-electron chi connectivity index (χ0n) is 18.3. The van der Waals surface area contributed by atoms with Gasteiger partial charge in [0.25, 0.3) is 0 Å². The largest absolute Gasteiger partial charge is 0.368 e. The number of hydrogen-bond acceptors (Lipinski definition) is 4. The van der Waals surface area contributed by atoms with Crippen LogP contribution in [0.25, 0.3) is 5.52 Å². The second-order valence-corrected chi connectivity index (χ2v) is 8.96. The Kier molecular flexibility index (Phi) is 7.57. The van der Waals surface area contributed by atoms with E-state index in [9.17, 15) is 9.18 Å². The Bertz CT molecular complexity index is 1120. The van der Waals surface area contributed by atoms with E-state index in [-0.39, 0.29) is 5.82 Å². The fourth-order valence-electron chi connectivity index (χ4n) is 4.15. The van der Waals surface area contributed by atoms with Crippen molar-refractivity contribution in [3.63, 3.8) is 0 Å². The quantitative estimate of drug-likeness (QED) is 0.464. The van der Waals surface area contributed by atoms with Gasteiger partial charge in [-0.15, -0.1) is 5.10 Å². The molecule has 1 aromatic carbocycles. The van der Waals surface area contributed by atoms with Crippen molar-refractivity contribution in [3.05, 3.63) is 58.5 Å². The maximum absolute atomic E-state index is 13.4. The SMILES string of the molecule is NC(=O)N(CCCCCN1CCN(c2cccc(Cl)c2Cl)CC1)c1cc2ccc(F)cn2n1. The number of rotatable bonds is 8. The van der Waals surface area contributed by atoms with Gasteiger partial charge in [0.15, 0.2) is 5.82 Å². The zero-order chi connectivity index (χ0) is 23.4. The summed E-state index contributed by atoms with van der Waals surface area (Å²) >= 11 is 12.5. The van der Waals surface area contributed by atoms with Crippen LogP contribution in [-0.2, 0) is 0 Å². The molecule has 4 rings (SSSR count). The van der Waals surface area contributed by atoms with E-state index < -0.39 is 6.03 Å². The summed E-state index contributed by atoms with van der Waals surface area (Å²) in [5, 5.41) is 5.48. The molecule has 33 heavy (non-hydrogen) atoms. The van der Waals surface area contributed by atoms with Gasteiger partial charge in [-0.1, -0.05) is 35.7 Å². The number of fused-ring (bicyclic) bond motifs is 1. The van der Waals surface area contributed by atoms with E-state index in [1.165, 1.54) is 21.7 Å². The highest BCUT2D eigenvalue weighted by Gasteiger charge is 2.20. The van der Waals surface area contributed by atoms with Gasteiger partial charge in [-0.2, -0.15) is 0 Å². The lowest BCUT2D eigenvalue weighted by Gasteiger charge is -2.36. The number of primary amides is 1. The predicted octanol–water partition coefficient (Wildman–Crippen LogP) is 4.66. The number of pyridine rings is 1. The number of piperazine rings is 1. The van der Waals surface area contributed by atoms with Crippen LogP contribution in [0.15, 0.2) is 42.6 Å². The van der Waals surface area contributed by atoms with Crippen molar-refractivity contribution in [2.75, 3.05) is 49.1 Å². The predicted molar refractivity (Wildman–Crippen MR) is 131 cm³/mol. The van der Waals surface area contributed by atoms with E-state index in [1.807, 2.05) is 12.1 Å². The van der Waals surface area contributed by atoms with Crippen LogP contribution in [0.2, 0.25) is 10.0 Å². The van der Waals surface area contributed by atoms with E-state index in [4.69, 9.17) is 28.9 Å². The van der Waals surface area contributed by atoms with Crippen LogP contribution in [-0.4, -0.2) is 59.8 Å². The first-order chi connectivity index (χ1) is 15.9. The molecular weight excluding hydrogens is 466 g/mol. The van der Waals surface area contributed by atoms with Crippen LogP contribution < -0.4 is 15.5 Å². The van der Waals surface area contributed by atoms with Gasteiger partial charge in [-0.3, -0.25) is 9.80 Å². The number of amides is 2.